The summed E-state index contributed by atoms with van der Waals surface area (Å²) in [7, 11) is 0. The number of fused-ring (bicyclic) bond motifs is 2. The summed E-state index contributed by atoms with van der Waals surface area (Å²) in [5.74, 6) is -0.140. The molecule has 2 aromatic carbocycles. The van der Waals surface area contributed by atoms with Crippen molar-refractivity contribution in [3.63, 3.8) is 0 Å². The van der Waals surface area contributed by atoms with Crippen molar-refractivity contribution in [3.05, 3.63) is 80.9 Å². The average Bonchev–Trinajstić information content (AvgIpc) is 2.39. The number of carbonyl (C=O) groups excluding carboxylic acids is 1. The van der Waals surface area contributed by atoms with Crippen LogP contribution in [0.5, 0.6) is 0 Å². The van der Waals surface area contributed by atoms with Gasteiger partial charge in [-0.15, -0.1) is 0 Å². The van der Waals surface area contributed by atoms with Gasteiger partial charge in [-0.05, 0) is 0 Å². The molecule has 0 aromatic heterocycles. The standard InChI is InChI=1S/C14H9NO3/c16-14-11-7-3-1-5-9(11)13(15(17)18)10-6-2-4-8-12(10)14/h1-8,13H. The van der Waals surface area contributed by atoms with Crippen molar-refractivity contribution >= 4 is 5.78 Å². The Kier molecular flexibility index (Phi) is 2.23. The van der Waals surface area contributed by atoms with E-state index in [2.05, 4.69) is 0 Å². The molecule has 0 saturated carbocycles. The Labute approximate surface area is 103 Å². The summed E-state index contributed by atoms with van der Waals surface area (Å²) in [5, 5.41) is 11.3. The van der Waals surface area contributed by atoms with Crippen LogP contribution in [0.25, 0.3) is 0 Å². The van der Waals surface area contributed by atoms with Crippen LogP contribution in [0.3, 0.4) is 0 Å². The van der Waals surface area contributed by atoms with Crippen molar-refractivity contribution < 1.29 is 9.72 Å². The van der Waals surface area contributed by atoms with Crippen LogP contribution in [-0.4, -0.2) is 10.7 Å². The van der Waals surface area contributed by atoms with E-state index in [4.69, 9.17) is 0 Å². The molecule has 4 nitrogen and oxygen atoms in total. The van der Waals surface area contributed by atoms with Gasteiger partial charge < -0.3 is 0 Å². The maximum Gasteiger partial charge on any atom is 0.264 e. The number of nitro groups is 1. The molecule has 0 heterocycles. The number of hydrogen-bond acceptors (Lipinski definition) is 3. The second-order valence-corrected chi connectivity index (χ2v) is 4.19. The summed E-state index contributed by atoms with van der Waals surface area (Å²) in [4.78, 5) is 23.2. The Morgan fingerprint density at radius 3 is 1.78 bits per heavy atom. The third-order valence-electron chi connectivity index (χ3n) is 3.21. The van der Waals surface area contributed by atoms with Crippen LogP contribution in [0, 0.1) is 10.1 Å². The van der Waals surface area contributed by atoms with E-state index < -0.39 is 6.04 Å². The lowest BCUT2D eigenvalue weighted by molar-refractivity contribution is -0.517. The summed E-state index contributed by atoms with van der Waals surface area (Å²) in [6, 6.07) is 12.5. The van der Waals surface area contributed by atoms with E-state index in [9.17, 15) is 14.9 Å². The Morgan fingerprint density at radius 1 is 0.889 bits per heavy atom. The van der Waals surface area contributed by atoms with Crippen molar-refractivity contribution in [2.75, 3.05) is 0 Å². The van der Waals surface area contributed by atoms with Crippen LogP contribution in [-0.2, 0) is 0 Å². The minimum atomic E-state index is -0.949. The van der Waals surface area contributed by atoms with Gasteiger partial charge in [0.2, 0.25) is 0 Å². The first kappa shape index (κ1) is 10.7. The van der Waals surface area contributed by atoms with Crippen LogP contribution in [0.2, 0.25) is 0 Å². The summed E-state index contributed by atoms with van der Waals surface area (Å²) >= 11 is 0. The average molecular weight is 239 g/mol. The zero-order valence-corrected chi connectivity index (χ0v) is 9.37. The van der Waals surface area contributed by atoms with E-state index in [0.717, 1.165) is 0 Å². The molecule has 0 saturated heterocycles. The predicted molar refractivity (Wildman–Crippen MR) is 65.2 cm³/mol. The van der Waals surface area contributed by atoms with E-state index in [1.807, 2.05) is 0 Å². The molecule has 0 aliphatic heterocycles. The van der Waals surface area contributed by atoms with Crippen LogP contribution >= 0.6 is 0 Å². The van der Waals surface area contributed by atoms with Crippen LogP contribution in [0.15, 0.2) is 48.5 Å². The van der Waals surface area contributed by atoms with Crippen LogP contribution in [0.4, 0.5) is 0 Å². The van der Waals surface area contributed by atoms with Gasteiger partial charge in [0, 0.05) is 27.2 Å². The Morgan fingerprint density at radius 2 is 1.33 bits per heavy atom. The van der Waals surface area contributed by atoms with E-state index in [-0.39, 0.29) is 10.7 Å². The molecule has 2 aromatic rings. The fourth-order valence-electron chi connectivity index (χ4n) is 2.42. The lowest BCUT2D eigenvalue weighted by atomic mass is 9.82. The van der Waals surface area contributed by atoms with Gasteiger partial charge in [0.15, 0.2) is 5.78 Å². The van der Waals surface area contributed by atoms with E-state index >= 15 is 0 Å². The normalized spacial score (nSPS) is 13.9. The summed E-state index contributed by atoms with van der Waals surface area (Å²) < 4.78 is 0. The molecule has 0 bridgehead atoms. The number of carbonyl (C=O) groups is 1. The van der Waals surface area contributed by atoms with Gasteiger partial charge >= 0.3 is 0 Å². The monoisotopic (exact) mass is 239 g/mol. The zero-order valence-electron chi connectivity index (χ0n) is 9.37. The first-order valence-corrected chi connectivity index (χ1v) is 5.56. The molecule has 0 spiro atoms. The molecule has 0 amide bonds. The summed E-state index contributed by atoms with van der Waals surface area (Å²) in [6.45, 7) is 0. The Balaban J connectivity index is 2.33. The molecule has 1 aliphatic carbocycles. The van der Waals surface area contributed by atoms with Gasteiger partial charge in [-0.25, -0.2) is 0 Å². The van der Waals surface area contributed by atoms with Crippen LogP contribution in [0.1, 0.15) is 33.1 Å². The smallest absolute Gasteiger partial charge is 0.264 e. The third kappa shape index (κ3) is 1.35. The molecule has 1 aliphatic rings. The van der Waals surface area contributed by atoms with E-state index in [0.29, 0.717) is 22.3 Å². The third-order valence-corrected chi connectivity index (χ3v) is 3.21. The highest BCUT2D eigenvalue weighted by Gasteiger charge is 2.37. The first-order valence-electron chi connectivity index (χ1n) is 5.56. The first-order chi connectivity index (χ1) is 8.70. The number of hydrogen-bond donors (Lipinski definition) is 0. The topological polar surface area (TPSA) is 60.2 Å². The Hall–Kier alpha value is -2.49. The van der Waals surface area contributed by atoms with Gasteiger partial charge in [-0.2, -0.15) is 0 Å². The molecule has 4 heteroatoms. The predicted octanol–water partition coefficient (Wildman–Crippen LogP) is 2.60. The highest BCUT2D eigenvalue weighted by atomic mass is 16.6. The van der Waals surface area contributed by atoms with Gasteiger partial charge in [0.05, 0.1) is 0 Å². The fraction of sp³-hybridized carbons (Fsp3) is 0.0714. The quantitative estimate of drug-likeness (QED) is 0.567. The number of rotatable bonds is 1. The van der Waals surface area contributed by atoms with Crippen molar-refractivity contribution in [1.29, 1.82) is 0 Å². The second-order valence-electron chi connectivity index (χ2n) is 4.19. The molecule has 0 radical (unpaired) electrons. The molecule has 0 unspecified atom stereocenters. The van der Waals surface area contributed by atoms with Crippen LogP contribution < -0.4 is 0 Å². The van der Waals surface area contributed by atoms with Crippen molar-refractivity contribution in [1.82, 2.24) is 0 Å². The molecule has 3 rings (SSSR count). The maximum absolute atomic E-state index is 12.3. The molecule has 88 valence electrons. The van der Waals surface area contributed by atoms with E-state index in [1.165, 1.54) is 0 Å². The van der Waals surface area contributed by atoms with Gasteiger partial charge in [-0.1, -0.05) is 48.5 Å². The molecule has 0 atom stereocenters. The van der Waals surface area contributed by atoms with Crippen molar-refractivity contribution in [2.24, 2.45) is 0 Å². The molecular weight excluding hydrogens is 230 g/mol. The highest BCUT2D eigenvalue weighted by Crippen LogP contribution is 2.36. The van der Waals surface area contributed by atoms with Gasteiger partial charge in [-0.3, -0.25) is 14.9 Å². The molecule has 18 heavy (non-hydrogen) atoms. The summed E-state index contributed by atoms with van der Waals surface area (Å²) in [6.07, 6.45) is 0. The number of benzene rings is 2. The largest absolute Gasteiger partial charge is 0.289 e. The Bertz CT molecular complexity index is 614. The molecular formula is C14H9NO3. The zero-order chi connectivity index (χ0) is 12.7. The summed E-state index contributed by atoms with van der Waals surface area (Å²) in [5.41, 5.74) is 1.81. The lowest BCUT2D eigenvalue weighted by Crippen LogP contribution is -2.24. The van der Waals surface area contributed by atoms with Crippen molar-refractivity contribution in [3.8, 4) is 0 Å². The van der Waals surface area contributed by atoms with E-state index in [1.54, 1.807) is 48.5 Å². The second kappa shape index (κ2) is 3.77. The lowest BCUT2D eigenvalue weighted by Gasteiger charge is -2.21. The number of nitrogens with zero attached hydrogens (tertiary/aromatic N) is 1. The van der Waals surface area contributed by atoms with Gasteiger partial charge in [0.25, 0.3) is 6.04 Å². The SMILES string of the molecule is O=C1c2ccccc2C([N+](=O)[O-])c2ccccc21. The van der Waals surface area contributed by atoms with Crippen molar-refractivity contribution in [2.45, 2.75) is 6.04 Å². The number of ketones is 1. The minimum Gasteiger partial charge on any atom is -0.289 e. The highest BCUT2D eigenvalue weighted by molar-refractivity contribution is 6.12. The molecule has 0 fully saturated rings. The minimum absolute atomic E-state index is 0.140. The molecule has 0 N–H and O–H groups in total. The fourth-order valence-corrected chi connectivity index (χ4v) is 2.42. The van der Waals surface area contributed by atoms with Gasteiger partial charge in [0.1, 0.15) is 0 Å². The maximum atomic E-state index is 12.3.